The van der Waals surface area contributed by atoms with Gasteiger partial charge in [0, 0.05) is 56.8 Å². The number of carbonyl (C=O) groups excluding carboxylic acids is 1. The maximum Gasteiger partial charge on any atom is 0.220 e. The van der Waals surface area contributed by atoms with Gasteiger partial charge in [0.25, 0.3) is 0 Å². The van der Waals surface area contributed by atoms with E-state index in [9.17, 15) is 9.18 Å². The Morgan fingerprint density at radius 3 is 2.60 bits per heavy atom. The van der Waals surface area contributed by atoms with Gasteiger partial charge < -0.3 is 29.7 Å². The molecule has 252 valence electrons. The van der Waals surface area contributed by atoms with Crippen molar-refractivity contribution >= 4 is 17.5 Å². The quantitative estimate of drug-likeness (QED) is 0.198. The zero-order valence-corrected chi connectivity index (χ0v) is 28.6. The number of hydrogen-bond donors (Lipinski definition) is 2. The van der Waals surface area contributed by atoms with Crippen molar-refractivity contribution in [2.45, 2.75) is 83.2 Å². The average molecular weight is 664 g/mol. The number of alkyl halides is 1. The third-order valence-electron chi connectivity index (χ3n) is 10.0. The van der Waals surface area contributed by atoms with E-state index in [2.05, 4.69) is 52.8 Å². The fourth-order valence-electron chi connectivity index (χ4n) is 7.08. The summed E-state index contributed by atoms with van der Waals surface area (Å²) in [6.45, 7) is 8.25. The Morgan fingerprint density at radius 2 is 1.83 bits per heavy atom. The second kappa shape index (κ2) is 14.8. The lowest BCUT2D eigenvalue weighted by atomic mass is 9.93. The van der Waals surface area contributed by atoms with E-state index in [1.54, 1.807) is 14.0 Å². The first-order chi connectivity index (χ1) is 22.7. The Kier molecular flexibility index (Phi) is 10.6. The topological polar surface area (TPSA) is 72.1 Å². The van der Waals surface area contributed by atoms with Crippen LogP contribution in [0.5, 0.6) is 17.2 Å². The number of nitrogens with zero attached hydrogens (tertiary/aromatic N) is 1. The van der Waals surface area contributed by atoms with E-state index in [4.69, 9.17) is 25.8 Å². The van der Waals surface area contributed by atoms with Crippen LogP contribution in [0.4, 0.5) is 4.39 Å². The molecular formula is C38H47ClFN3O4. The van der Waals surface area contributed by atoms with Crippen molar-refractivity contribution in [3.8, 4) is 28.4 Å². The molecule has 0 unspecified atom stereocenters. The summed E-state index contributed by atoms with van der Waals surface area (Å²) in [4.78, 5) is 13.8. The maximum atomic E-state index is 14.1. The molecule has 0 saturated carbocycles. The molecule has 9 heteroatoms. The number of likely N-dealkylation sites (tertiary alicyclic amines) is 1. The maximum absolute atomic E-state index is 14.1. The van der Waals surface area contributed by atoms with Crippen molar-refractivity contribution < 1.29 is 23.4 Å². The number of benzene rings is 3. The highest BCUT2D eigenvalue weighted by Crippen LogP contribution is 2.44. The first-order valence-electron chi connectivity index (χ1n) is 17.0. The minimum atomic E-state index is -1.02. The molecule has 0 aromatic heterocycles. The van der Waals surface area contributed by atoms with E-state index < -0.39 is 5.67 Å². The lowest BCUT2D eigenvalue weighted by molar-refractivity contribution is -0.122. The Hall–Kier alpha value is -3.33. The fourth-order valence-corrected chi connectivity index (χ4v) is 7.31. The molecule has 2 atom stereocenters. The second-order valence-electron chi connectivity index (χ2n) is 13.4. The van der Waals surface area contributed by atoms with Crippen molar-refractivity contribution in [1.29, 1.82) is 0 Å². The van der Waals surface area contributed by atoms with E-state index in [1.807, 2.05) is 18.2 Å². The Morgan fingerprint density at radius 1 is 1.04 bits per heavy atom. The minimum Gasteiger partial charge on any atom is -0.496 e. The molecule has 2 saturated heterocycles. The zero-order valence-electron chi connectivity index (χ0n) is 27.8. The van der Waals surface area contributed by atoms with Gasteiger partial charge in [0.1, 0.15) is 29.0 Å². The van der Waals surface area contributed by atoms with Crippen molar-refractivity contribution in [2.75, 3.05) is 39.9 Å². The summed E-state index contributed by atoms with van der Waals surface area (Å²) in [6, 6.07) is 16.8. The molecule has 3 aromatic carbocycles. The number of rotatable bonds is 12. The third-order valence-corrected chi connectivity index (χ3v) is 10.3. The molecule has 2 aliphatic heterocycles. The van der Waals surface area contributed by atoms with Gasteiger partial charge in [0.05, 0.1) is 18.7 Å². The van der Waals surface area contributed by atoms with E-state index in [0.29, 0.717) is 49.7 Å². The summed E-state index contributed by atoms with van der Waals surface area (Å²) in [6.07, 6.45) is 5.12. The predicted octanol–water partition coefficient (Wildman–Crippen LogP) is 7.35. The van der Waals surface area contributed by atoms with Crippen molar-refractivity contribution in [3.63, 3.8) is 0 Å². The van der Waals surface area contributed by atoms with Crippen LogP contribution >= 0.6 is 11.6 Å². The number of halogens is 2. The molecule has 0 spiro atoms. The van der Waals surface area contributed by atoms with Gasteiger partial charge in [-0.25, -0.2) is 4.39 Å². The molecule has 2 N–H and O–H groups in total. The summed E-state index contributed by atoms with van der Waals surface area (Å²) in [5.41, 5.74) is 5.92. The molecule has 3 aliphatic rings. The van der Waals surface area contributed by atoms with Crippen LogP contribution in [0.2, 0.25) is 5.02 Å². The lowest BCUT2D eigenvalue weighted by Crippen LogP contribution is -2.45. The number of hydrogen-bond acceptors (Lipinski definition) is 6. The van der Waals surface area contributed by atoms with Gasteiger partial charge in [0.15, 0.2) is 0 Å². The van der Waals surface area contributed by atoms with E-state index in [0.717, 1.165) is 67.9 Å². The third kappa shape index (κ3) is 8.04. The Labute approximate surface area is 283 Å². The van der Waals surface area contributed by atoms with E-state index in [-0.39, 0.29) is 18.1 Å². The molecular weight excluding hydrogens is 617 g/mol. The summed E-state index contributed by atoms with van der Waals surface area (Å²) in [5.74, 6) is 2.33. The van der Waals surface area contributed by atoms with Gasteiger partial charge in [-0.1, -0.05) is 41.9 Å². The number of piperidine rings is 2. The number of carbonyl (C=O) groups is 1. The normalized spacial score (nSPS) is 20.8. The molecule has 0 bridgehead atoms. The smallest absolute Gasteiger partial charge is 0.220 e. The summed E-state index contributed by atoms with van der Waals surface area (Å²) in [7, 11) is 1.66. The van der Waals surface area contributed by atoms with Crippen molar-refractivity contribution in [2.24, 2.45) is 0 Å². The highest BCUT2D eigenvalue weighted by molar-refractivity contribution is 6.32. The van der Waals surface area contributed by atoms with Crippen molar-refractivity contribution in [1.82, 2.24) is 15.5 Å². The minimum absolute atomic E-state index is 0.104. The number of methoxy groups -OCH3 is 1. The molecule has 2 heterocycles. The summed E-state index contributed by atoms with van der Waals surface area (Å²) >= 11 is 6.78. The molecule has 2 fully saturated rings. The van der Waals surface area contributed by atoms with Crippen LogP contribution < -0.4 is 24.8 Å². The number of fused-ring (bicyclic) bond motifs is 1. The number of ether oxygens (including phenoxy) is 3. The monoisotopic (exact) mass is 663 g/mol. The van der Waals surface area contributed by atoms with Gasteiger partial charge in [-0.05, 0) is 92.3 Å². The molecule has 7 nitrogen and oxygen atoms in total. The van der Waals surface area contributed by atoms with Gasteiger partial charge >= 0.3 is 0 Å². The Bertz CT molecular complexity index is 1560. The fraction of sp³-hybridized carbons (Fsp3) is 0.500. The average Bonchev–Trinajstić information content (AvgIpc) is 3.48. The van der Waals surface area contributed by atoms with Crippen LogP contribution in [-0.2, 0) is 17.8 Å². The van der Waals surface area contributed by atoms with Crippen molar-refractivity contribution in [3.05, 3.63) is 75.8 Å². The van der Waals surface area contributed by atoms with Crippen LogP contribution in [0.25, 0.3) is 11.1 Å². The van der Waals surface area contributed by atoms with Crippen LogP contribution in [0, 0.1) is 6.92 Å². The molecule has 1 aliphatic carbocycles. The summed E-state index contributed by atoms with van der Waals surface area (Å²) < 4.78 is 32.7. The first kappa shape index (κ1) is 33.6. The summed E-state index contributed by atoms with van der Waals surface area (Å²) in [5, 5.41) is 6.97. The Balaban J connectivity index is 1.10. The highest BCUT2D eigenvalue weighted by Gasteiger charge is 2.30. The van der Waals surface area contributed by atoms with Gasteiger partial charge in [0.2, 0.25) is 5.91 Å². The largest absolute Gasteiger partial charge is 0.496 e. The molecule has 47 heavy (non-hydrogen) atoms. The van der Waals surface area contributed by atoms with E-state index in [1.165, 1.54) is 22.3 Å². The van der Waals surface area contributed by atoms with Crippen LogP contribution in [0.15, 0.2) is 48.5 Å². The van der Waals surface area contributed by atoms with Crippen LogP contribution in [-0.4, -0.2) is 62.4 Å². The highest BCUT2D eigenvalue weighted by atomic mass is 35.5. The van der Waals surface area contributed by atoms with Crippen LogP contribution in [0.1, 0.15) is 73.8 Å². The molecule has 1 amide bonds. The number of nitrogens with one attached hydrogen (secondary N) is 2. The van der Waals surface area contributed by atoms with E-state index >= 15 is 0 Å². The zero-order chi connectivity index (χ0) is 33.0. The van der Waals surface area contributed by atoms with Gasteiger partial charge in [-0.15, -0.1) is 0 Å². The van der Waals surface area contributed by atoms with Crippen LogP contribution in [0.3, 0.4) is 0 Å². The van der Waals surface area contributed by atoms with Gasteiger partial charge in [-0.2, -0.15) is 0 Å². The second-order valence-corrected chi connectivity index (χ2v) is 13.8. The lowest BCUT2D eigenvalue weighted by Gasteiger charge is -2.34. The predicted molar refractivity (Wildman–Crippen MR) is 184 cm³/mol. The number of amides is 1. The first-order valence-corrected chi connectivity index (χ1v) is 17.4. The molecule has 0 radical (unpaired) electrons. The van der Waals surface area contributed by atoms with Gasteiger partial charge in [-0.3, -0.25) is 4.79 Å². The molecule has 6 rings (SSSR count). The standard InChI is InChI=1S/C38H47ClFN3O4/c1-25-28(7-5-10-33(25)46-20-6-17-43-18-15-38(2,40)16-19-43)29-8-4-9-31-30(29)12-13-34(31)47-36-22-35(45-3)26(21-32(36)39)23-41-27-11-14-37(44)42-24-27/h4-5,7-10,21-22,27,34,41H,6,11-20,23-24H2,1-3H3,(H,42,44)/t27-,34-/m0/s1. The SMILES string of the molecule is COc1cc(O[C@H]2CCc3c(-c4cccc(OCCCN5CCC(C)(F)CC5)c4C)cccc32)c(Cl)cc1CN[C@H]1CCC(=O)NC1. The molecule has 3 aromatic rings.